The SMILES string of the molecule is N[C@H]1COc2cc(F)c(F)cc2C1. The highest BCUT2D eigenvalue weighted by molar-refractivity contribution is 5.36. The van der Waals surface area contributed by atoms with Crippen LogP contribution < -0.4 is 10.5 Å². The summed E-state index contributed by atoms with van der Waals surface area (Å²) in [6.45, 7) is 0.359. The summed E-state index contributed by atoms with van der Waals surface area (Å²) in [6, 6.07) is 2.08. The van der Waals surface area contributed by atoms with Gasteiger partial charge in [0.1, 0.15) is 12.4 Å². The van der Waals surface area contributed by atoms with E-state index in [1.807, 2.05) is 0 Å². The smallest absolute Gasteiger partial charge is 0.162 e. The Morgan fingerprint density at radius 1 is 1.31 bits per heavy atom. The van der Waals surface area contributed by atoms with Crippen LogP contribution in [0.3, 0.4) is 0 Å². The van der Waals surface area contributed by atoms with Crippen LogP contribution in [0, 0.1) is 11.6 Å². The fourth-order valence-electron chi connectivity index (χ4n) is 1.40. The molecule has 2 rings (SSSR count). The molecule has 70 valence electrons. The van der Waals surface area contributed by atoms with Crippen LogP contribution in [0.15, 0.2) is 12.1 Å². The van der Waals surface area contributed by atoms with E-state index < -0.39 is 11.6 Å². The summed E-state index contributed by atoms with van der Waals surface area (Å²) in [4.78, 5) is 0. The maximum absolute atomic E-state index is 12.8. The molecule has 2 nitrogen and oxygen atoms in total. The minimum absolute atomic E-state index is 0.127. The van der Waals surface area contributed by atoms with E-state index in [1.54, 1.807) is 0 Å². The largest absolute Gasteiger partial charge is 0.492 e. The Morgan fingerprint density at radius 3 is 2.77 bits per heavy atom. The number of hydrogen-bond acceptors (Lipinski definition) is 2. The van der Waals surface area contributed by atoms with E-state index in [9.17, 15) is 8.78 Å². The molecule has 0 amide bonds. The molecule has 1 aliphatic rings. The van der Waals surface area contributed by atoms with Gasteiger partial charge in [-0.05, 0) is 18.1 Å². The van der Waals surface area contributed by atoms with Crippen molar-refractivity contribution in [2.75, 3.05) is 6.61 Å². The van der Waals surface area contributed by atoms with Crippen LogP contribution in [0.1, 0.15) is 5.56 Å². The van der Waals surface area contributed by atoms with Crippen LogP contribution in [0.25, 0.3) is 0 Å². The lowest BCUT2D eigenvalue weighted by molar-refractivity contribution is 0.260. The summed E-state index contributed by atoms with van der Waals surface area (Å²) in [5.41, 5.74) is 6.23. The number of halogens is 2. The molecule has 0 aromatic heterocycles. The molecule has 0 radical (unpaired) electrons. The Kier molecular flexibility index (Phi) is 1.92. The summed E-state index contributed by atoms with van der Waals surface area (Å²) < 4.78 is 30.6. The van der Waals surface area contributed by atoms with Crippen molar-refractivity contribution in [3.63, 3.8) is 0 Å². The molecule has 4 heteroatoms. The first-order valence-electron chi connectivity index (χ1n) is 4.03. The van der Waals surface area contributed by atoms with Crippen LogP contribution >= 0.6 is 0 Å². The molecular weight excluding hydrogens is 176 g/mol. The Labute approximate surface area is 74.3 Å². The monoisotopic (exact) mass is 185 g/mol. The summed E-state index contributed by atoms with van der Waals surface area (Å²) in [7, 11) is 0. The lowest BCUT2D eigenvalue weighted by Crippen LogP contribution is -2.33. The Hall–Kier alpha value is -1.16. The van der Waals surface area contributed by atoms with Crippen molar-refractivity contribution in [1.29, 1.82) is 0 Å². The van der Waals surface area contributed by atoms with Gasteiger partial charge in [-0.3, -0.25) is 0 Å². The van der Waals surface area contributed by atoms with E-state index in [0.717, 1.165) is 12.1 Å². The van der Waals surface area contributed by atoms with Crippen molar-refractivity contribution in [3.05, 3.63) is 29.3 Å². The Balaban J connectivity index is 2.43. The van der Waals surface area contributed by atoms with Crippen LogP contribution in [-0.2, 0) is 6.42 Å². The van der Waals surface area contributed by atoms with Gasteiger partial charge in [0.2, 0.25) is 0 Å². The van der Waals surface area contributed by atoms with Crippen molar-refractivity contribution in [2.45, 2.75) is 12.5 Å². The third-order valence-electron chi connectivity index (χ3n) is 2.04. The first-order chi connectivity index (χ1) is 6.16. The molecule has 13 heavy (non-hydrogen) atoms. The van der Waals surface area contributed by atoms with Gasteiger partial charge in [-0.1, -0.05) is 0 Å². The first-order valence-corrected chi connectivity index (χ1v) is 4.03. The predicted octanol–water partition coefficient (Wildman–Crippen LogP) is 1.23. The lowest BCUT2D eigenvalue weighted by atomic mass is 10.0. The maximum atomic E-state index is 12.8. The summed E-state index contributed by atoms with van der Waals surface area (Å²) in [6.07, 6.45) is 0.534. The van der Waals surface area contributed by atoms with Crippen LogP contribution in [0.4, 0.5) is 8.78 Å². The maximum Gasteiger partial charge on any atom is 0.162 e. The highest BCUT2D eigenvalue weighted by Gasteiger charge is 2.19. The molecule has 0 aliphatic carbocycles. The number of fused-ring (bicyclic) bond motifs is 1. The second-order valence-corrected chi connectivity index (χ2v) is 3.15. The molecule has 2 N–H and O–H groups in total. The lowest BCUT2D eigenvalue weighted by Gasteiger charge is -2.22. The fourth-order valence-corrected chi connectivity index (χ4v) is 1.40. The number of benzene rings is 1. The van der Waals surface area contributed by atoms with Gasteiger partial charge >= 0.3 is 0 Å². The molecule has 0 spiro atoms. The van der Waals surface area contributed by atoms with Crippen molar-refractivity contribution in [1.82, 2.24) is 0 Å². The number of hydrogen-bond donors (Lipinski definition) is 1. The molecule has 1 aromatic rings. The number of ether oxygens (including phenoxy) is 1. The van der Waals surface area contributed by atoms with E-state index in [0.29, 0.717) is 24.3 Å². The summed E-state index contributed by atoms with van der Waals surface area (Å²) in [5, 5.41) is 0. The summed E-state index contributed by atoms with van der Waals surface area (Å²) in [5.74, 6) is -1.33. The Bertz CT molecular complexity index is 341. The number of nitrogens with two attached hydrogens (primary N) is 1. The highest BCUT2D eigenvalue weighted by Crippen LogP contribution is 2.26. The number of rotatable bonds is 0. The van der Waals surface area contributed by atoms with E-state index in [2.05, 4.69) is 0 Å². The normalized spacial score (nSPS) is 20.7. The van der Waals surface area contributed by atoms with E-state index in [-0.39, 0.29) is 6.04 Å². The molecule has 0 saturated heterocycles. The van der Waals surface area contributed by atoms with Crippen LogP contribution in [-0.4, -0.2) is 12.6 Å². The molecule has 1 aliphatic heterocycles. The molecule has 1 heterocycles. The van der Waals surface area contributed by atoms with Crippen molar-refractivity contribution in [2.24, 2.45) is 5.73 Å². The van der Waals surface area contributed by atoms with Crippen molar-refractivity contribution >= 4 is 0 Å². The highest BCUT2D eigenvalue weighted by atomic mass is 19.2. The van der Waals surface area contributed by atoms with Crippen molar-refractivity contribution in [3.8, 4) is 5.75 Å². The second kappa shape index (κ2) is 2.96. The minimum Gasteiger partial charge on any atom is -0.492 e. The van der Waals surface area contributed by atoms with Gasteiger partial charge in [0, 0.05) is 12.1 Å². The zero-order chi connectivity index (χ0) is 9.42. The fraction of sp³-hybridized carbons (Fsp3) is 0.333. The molecule has 0 bridgehead atoms. The van der Waals surface area contributed by atoms with Crippen molar-refractivity contribution < 1.29 is 13.5 Å². The van der Waals surface area contributed by atoms with E-state index in [1.165, 1.54) is 0 Å². The second-order valence-electron chi connectivity index (χ2n) is 3.15. The van der Waals surface area contributed by atoms with Crippen LogP contribution in [0.5, 0.6) is 5.75 Å². The average molecular weight is 185 g/mol. The van der Waals surface area contributed by atoms with Gasteiger partial charge in [-0.15, -0.1) is 0 Å². The standard InChI is InChI=1S/C9H9F2NO/c10-7-2-5-1-6(12)4-13-9(5)3-8(7)11/h2-3,6H,1,4,12H2/t6-/m1/s1. The van der Waals surface area contributed by atoms with Gasteiger partial charge in [0.05, 0.1) is 0 Å². The minimum atomic E-state index is -0.880. The molecule has 0 fully saturated rings. The third kappa shape index (κ3) is 1.49. The quantitative estimate of drug-likeness (QED) is 0.659. The van der Waals surface area contributed by atoms with Gasteiger partial charge in [-0.25, -0.2) is 8.78 Å². The summed E-state index contributed by atoms with van der Waals surface area (Å²) >= 11 is 0. The topological polar surface area (TPSA) is 35.2 Å². The average Bonchev–Trinajstić information content (AvgIpc) is 2.08. The zero-order valence-corrected chi connectivity index (χ0v) is 6.89. The van der Waals surface area contributed by atoms with Gasteiger partial charge < -0.3 is 10.5 Å². The molecule has 1 aromatic carbocycles. The van der Waals surface area contributed by atoms with E-state index in [4.69, 9.17) is 10.5 Å². The van der Waals surface area contributed by atoms with Gasteiger partial charge in [0.25, 0.3) is 0 Å². The van der Waals surface area contributed by atoms with Gasteiger partial charge in [-0.2, -0.15) is 0 Å². The van der Waals surface area contributed by atoms with Gasteiger partial charge in [0.15, 0.2) is 11.6 Å². The Morgan fingerprint density at radius 2 is 2.00 bits per heavy atom. The molecule has 1 atom stereocenters. The first kappa shape index (κ1) is 8.44. The van der Waals surface area contributed by atoms with Crippen LogP contribution in [0.2, 0.25) is 0 Å². The molecule has 0 saturated carbocycles. The zero-order valence-electron chi connectivity index (χ0n) is 6.89. The van der Waals surface area contributed by atoms with E-state index >= 15 is 0 Å². The molecule has 0 unspecified atom stereocenters. The molecular formula is C9H9F2NO. The predicted molar refractivity (Wildman–Crippen MR) is 43.5 cm³/mol. The third-order valence-corrected chi connectivity index (χ3v) is 2.04.